The maximum atomic E-state index is 12.4. The van der Waals surface area contributed by atoms with E-state index in [0.29, 0.717) is 0 Å². The molecule has 104 valence electrons. The van der Waals surface area contributed by atoms with Crippen molar-refractivity contribution in [2.24, 2.45) is 0 Å². The van der Waals surface area contributed by atoms with Crippen LogP contribution in [0.25, 0.3) is 16.7 Å². The summed E-state index contributed by atoms with van der Waals surface area (Å²) in [7, 11) is 0. The lowest BCUT2D eigenvalue weighted by atomic mass is 10.2. The number of para-hydroxylation sites is 1. The zero-order chi connectivity index (χ0) is 15.0. The molecule has 7 nitrogen and oxygen atoms in total. The van der Waals surface area contributed by atoms with Crippen molar-refractivity contribution in [2.75, 3.05) is 0 Å². The van der Waals surface area contributed by atoms with E-state index in [-0.39, 0.29) is 22.3 Å². The molecule has 1 heterocycles. The number of hydrogen-bond acceptors (Lipinski definition) is 5. The molecule has 2 aromatic carbocycles. The fourth-order valence-electron chi connectivity index (χ4n) is 2.04. The molecule has 3 aromatic rings. The maximum Gasteiger partial charge on any atom is 0.426 e. The summed E-state index contributed by atoms with van der Waals surface area (Å²) in [4.78, 5) is 34.5. The minimum absolute atomic E-state index is 0.0914. The zero-order valence-electron chi connectivity index (χ0n) is 10.6. The number of nitro groups is 1. The van der Waals surface area contributed by atoms with Crippen LogP contribution >= 0.6 is 0 Å². The van der Waals surface area contributed by atoms with Crippen molar-refractivity contribution in [2.45, 2.75) is 0 Å². The van der Waals surface area contributed by atoms with Crippen molar-refractivity contribution >= 4 is 16.7 Å². The number of nitrogens with zero attached hydrogens (tertiary/aromatic N) is 2. The van der Waals surface area contributed by atoms with E-state index in [9.17, 15) is 19.7 Å². The van der Waals surface area contributed by atoms with E-state index in [2.05, 4.69) is 0 Å². The topological polar surface area (TPSA) is 95.3 Å². The third-order valence-electron chi connectivity index (χ3n) is 3.00. The Morgan fingerprint density at radius 1 is 1.05 bits per heavy atom. The van der Waals surface area contributed by atoms with Gasteiger partial charge in [0.2, 0.25) is 0 Å². The smallest absolute Gasteiger partial charge is 0.409 e. The Labute approximate surface area is 116 Å². The second-order valence-electron chi connectivity index (χ2n) is 4.28. The molecule has 0 unspecified atom stereocenters. The lowest BCUT2D eigenvalue weighted by molar-refractivity contribution is -0.384. The van der Waals surface area contributed by atoms with Crippen molar-refractivity contribution in [3.63, 3.8) is 0 Å². The van der Waals surface area contributed by atoms with Crippen molar-refractivity contribution in [1.29, 1.82) is 0 Å². The quantitative estimate of drug-likeness (QED) is 0.528. The average Bonchev–Trinajstić information content (AvgIpc) is 2.47. The van der Waals surface area contributed by atoms with E-state index < -0.39 is 16.2 Å². The summed E-state index contributed by atoms with van der Waals surface area (Å²) in [6.45, 7) is 0. The van der Waals surface area contributed by atoms with Crippen LogP contribution in [0.3, 0.4) is 0 Å². The number of nitro benzene ring substituents is 1. The fraction of sp³-hybridized carbons (Fsp3) is 0. The summed E-state index contributed by atoms with van der Waals surface area (Å²) in [5, 5.41) is 11.0. The third kappa shape index (κ3) is 2.10. The number of non-ortho nitro benzene ring substituents is 1. The van der Waals surface area contributed by atoms with Gasteiger partial charge in [0.15, 0.2) is 0 Å². The molecule has 0 aliphatic carbocycles. The lowest BCUT2D eigenvalue weighted by Crippen LogP contribution is -2.30. The van der Waals surface area contributed by atoms with Gasteiger partial charge in [-0.05, 0) is 18.2 Å². The highest BCUT2D eigenvalue weighted by Crippen LogP contribution is 2.15. The minimum atomic E-state index is -0.890. The van der Waals surface area contributed by atoms with E-state index >= 15 is 0 Å². The second kappa shape index (κ2) is 4.71. The first kappa shape index (κ1) is 12.8. The van der Waals surface area contributed by atoms with Gasteiger partial charge in [-0.15, -0.1) is 0 Å². The van der Waals surface area contributed by atoms with Crippen molar-refractivity contribution in [3.8, 4) is 5.69 Å². The summed E-state index contributed by atoms with van der Waals surface area (Å²) in [6.07, 6.45) is 0. The molecule has 21 heavy (non-hydrogen) atoms. The van der Waals surface area contributed by atoms with Gasteiger partial charge in [-0.1, -0.05) is 18.2 Å². The molecule has 1 aromatic heterocycles. The first-order chi connectivity index (χ1) is 10.1. The van der Waals surface area contributed by atoms with Crippen LogP contribution in [0.15, 0.2) is 62.5 Å². The molecular formula is C14H8N2O5. The molecule has 0 atom stereocenters. The molecule has 0 N–H and O–H groups in total. The maximum absolute atomic E-state index is 12.4. The highest BCUT2D eigenvalue weighted by Gasteiger charge is 2.13. The number of fused-ring (bicyclic) bond motifs is 1. The number of benzene rings is 2. The van der Waals surface area contributed by atoms with Gasteiger partial charge >= 0.3 is 5.76 Å². The molecule has 0 saturated carbocycles. The highest BCUT2D eigenvalue weighted by molar-refractivity contribution is 5.75. The summed E-state index contributed by atoms with van der Waals surface area (Å²) in [6, 6.07) is 11.6. The predicted octanol–water partition coefficient (Wildman–Crippen LogP) is 1.85. The molecule has 0 saturated heterocycles. The first-order valence-electron chi connectivity index (χ1n) is 5.97. The SMILES string of the molecule is O=c1oc2ccccc2c(=O)n1-c1cccc([N+](=O)[O-])c1. The molecule has 0 bridgehead atoms. The summed E-state index contributed by atoms with van der Waals surface area (Å²) >= 11 is 0. The van der Waals surface area contributed by atoms with E-state index in [4.69, 9.17) is 4.42 Å². The van der Waals surface area contributed by atoms with Gasteiger partial charge in [0.25, 0.3) is 11.2 Å². The molecule has 0 aliphatic rings. The molecule has 3 rings (SSSR count). The standard InChI is InChI=1S/C14H8N2O5/c17-13-11-6-1-2-7-12(11)21-14(18)15(13)9-4-3-5-10(8-9)16(19)20/h1-8H. The fourth-order valence-corrected chi connectivity index (χ4v) is 2.04. The summed E-state index contributed by atoms with van der Waals surface area (Å²) in [5.41, 5.74) is -0.530. The largest absolute Gasteiger partial charge is 0.426 e. The van der Waals surface area contributed by atoms with Gasteiger partial charge in [0.05, 0.1) is 16.0 Å². The Hall–Kier alpha value is -3.22. The van der Waals surface area contributed by atoms with Crippen LogP contribution in [-0.4, -0.2) is 9.49 Å². The molecular weight excluding hydrogens is 276 g/mol. The Morgan fingerprint density at radius 3 is 2.57 bits per heavy atom. The van der Waals surface area contributed by atoms with E-state index in [1.165, 1.54) is 30.3 Å². The molecule has 0 fully saturated rings. The van der Waals surface area contributed by atoms with Gasteiger partial charge < -0.3 is 4.42 Å². The van der Waals surface area contributed by atoms with Gasteiger partial charge in [-0.2, -0.15) is 0 Å². The van der Waals surface area contributed by atoms with Crippen LogP contribution in [0.4, 0.5) is 5.69 Å². The van der Waals surface area contributed by atoms with Crippen molar-refractivity contribution in [3.05, 3.63) is 79.5 Å². The minimum Gasteiger partial charge on any atom is -0.409 e. The Morgan fingerprint density at radius 2 is 1.81 bits per heavy atom. The first-order valence-corrected chi connectivity index (χ1v) is 5.97. The van der Waals surface area contributed by atoms with Crippen LogP contribution in [-0.2, 0) is 0 Å². The number of rotatable bonds is 2. The second-order valence-corrected chi connectivity index (χ2v) is 4.28. The van der Waals surface area contributed by atoms with Gasteiger partial charge in [0.1, 0.15) is 5.58 Å². The normalized spacial score (nSPS) is 10.7. The predicted molar refractivity (Wildman–Crippen MR) is 74.7 cm³/mol. The highest BCUT2D eigenvalue weighted by atomic mass is 16.6. The monoisotopic (exact) mass is 284 g/mol. The van der Waals surface area contributed by atoms with Gasteiger partial charge in [0, 0.05) is 12.1 Å². The number of aromatic nitrogens is 1. The summed E-state index contributed by atoms with van der Waals surface area (Å²) in [5.74, 6) is -0.890. The molecule has 0 radical (unpaired) electrons. The van der Waals surface area contributed by atoms with Crippen LogP contribution < -0.4 is 11.3 Å². The molecule has 0 aliphatic heterocycles. The third-order valence-corrected chi connectivity index (χ3v) is 3.00. The van der Waals surface area contributed by atoms with E-state index in [1.807, 2.05) is 0 Å². The summed E-state index contributed by atoms with van der Waals surface area (Å²) < 4.78 is 5.84. The van der Waals surface area contributed by atoms with Gasteiger partial charge in [-0.25, -0.2) is 9.36 Å². The van der Waals surface area contributed by atoms with E-state index in [1.54, 1.807) is 12.1 Å². The Bertz CT molecular complexity index is 971. The zero-order valence-corrected chi connectivity index (χ0v) is 10.6. The number of hydrogen-bond donors (Lipinski definition) is 0. The molecule has 0 spiro atoms. The lowest BCUT2D eigenvalue weighted by Gasteiger charge is -2.04. The molecule has 7 heteroatoms. The van der Waals surface area contributed by atoms with Crippen LogP contribution in [0.1, 0.15) is 0 Å². The van der Waals surface area contributed by atoms with Gasteiger partial charge in [-0.3, -0.25) is 14.9 Å². The van der Waals surface area contributed by atoms with Crippen molar-refractivity contribution < 1.29 is 9.34 Å². The Kier molecular flexibility index (Phi) is 2.87. The molecule has 0 amide bonds. The van der Waals surface area contributed by atoms with Crippen molar-refractivity contribution in [1.82, 2.24) is 4.57 Å². The van der Waals surface area contributed by atoms with Crippen LogP contribution in [0.2, 0.25) is 0 Å². The van der Waals surface area contributed by atoms with E-state index in [0.717, 1.165) is 10.6 Å². The average molecular weight is 284 g/mol. The Balaban J connectivity index is 2.35. The van der Waals surface area contributed by atoms with Crippen LogP contribution in [0, 0.1) is 10.1 Å². The van der Waals surface area contributed by atoms with Crippen LogP contribution in [0.5, 0.6) is 0 Å².